The van der Waals surface area contributed by atoms with Gasteiger partial charge in [-0.1, -0.05) is 19.1 Å². The van der Waals surface area contributed by atoms with E-state index < -0.39 is 0 Å². The lowest BCUT2D eigenvalue weighted by molar-refractivity contribution is 0.244. The third-order valence-corrected chi connectivity index (χ3v) is 2.61. The summed E-state index contributed by atoms with van der Waals surface area (Å²) in [5.41, 5.74) is 1.04. The average Bonchev–Trinajstić information content (AvgIpc) is 2.24. The Labute approximate surface area is 97.7 Å². The lowest BCUT2D eigenvalue weighted by Crippen LogP contribution is -2.31. The van der Waals surface area contributed by atoms with Gasteiger partial charge in [0.25, 0.3) is 0 Å². The molecule has 0 heterocycles. The van der Waals surface area contributed by atoms with Crippen LogP contribution in [0.2, 0.25) is 0 Å². The van der Waals surface area contributed by atoms with Gasteiger partial charge in [-0.15, -0.1) is 0 Å². The predicted octanol–water partition coefficient (Wildman–Crippen LogP) is 2.21. The largest absolute Gasteiger partial charge is 0.308 e. The van der Waals surface area contributed by atoms with Crippen molar-refractivity contribution in [3.63, 3.8) is 0 Å². The molecule has 2 nitrogen and oxygen atoms in total. The van der Waals surface area contributed by atoms with Gasteiger partial charge in [-0.3, -0.25) is 4.90 Å². The van der Waals surface area contributed by atoms with Crippen molar-refractivity contribution in [2.45, 2.75) is 13.5 Å². The molecule has 3 heteroatoms. The summed E-state index contributed by atoms with van der Waals surface area (Å²) in [5.74, 6) is -0.152. The Kier molecular flexibility index (Phi) is 5.43. The second-order valence-electron chi connectivity index (χ2n) is 4.30. The molecule has 0 N–H and O–H groups in total. The molecule has 0 bridgehead atoms. The van der Waals surface area contributed by atoms with Crippen molar-refractivity contribution in [1.29, 1.82) is 0 Å². The van der Waals surface area contributed by atoms with Crippen LogP contribution in [0, 0.1) is 5.82 Å². The lowest BCUT2D eigenvalue weighted by Gasteiger charge is -2.22. The van der Waals surface area contributed by atoms with E-state index in [9.17, 15) is 4.39 Å². The summed E-state index contributed by atoms with van der Waals surface area (Å²) < 4.78 is 13.0. The molecule has 0 unspecified atom stereocenters. The SMILES string of the molecule is CCN(CCN(C)C)Cc1cccc(F)c1. The first-order chi connectivity index (χ1) is 7.61. The van der Waals surface area contributed by atoms with Crippen molar-refractivity contribution in [2.24, 2.45) is 0 Å². The van der Waals surface area contributed by atoms with Crippen LogP contribution in [0.3, 0.4) is 0 Å². The Balaban J connectivity index is 2.49. The Bertz CT molecular complexity index is 313. The lowest BCUT2D eigenvalue weighted by atomic mass is 10.2. The van der Waals surface area contributed by atoms with Crippen LogP contribution >= 0.6 is 0 Å². The number of nitrogens with zero attached hydrogens (tertiary/aromatic N) is 2. The maximum absolute atomic E-state index is 13.0. The summed E-state index contributed by atoms with van der Waals surface area (Å²) in [6, 6.07) is 6.84. The standard InChI is InChI=1S/C13H21FN2/c1-4-16(9-8-15(2)3)11-12-6-5-7-13(14)10-12/h5-7,10H,4,8-9,11H2,1-3H3. The van der Waals surface area contributed by atoms with Gasteiger partial charge in [0.1, 0.15) is 5.82 Å². The van der Waals surface area contributed by atoms with Gasteiger partial charge < -0.3 is 4.90 Å². The smallest absolute Gasteiger partial charge is 0.123 e. The third kappa shape index (κ3) is 4.73. The maximum Gasteiger partial charge on any atom is 0.123 e. The van der Waals surface area contributed by atoms with Gasteiger partial charge in [-0.2, -0.15) is 0 Å². The first-order valence-electron chi connectivity index (χ1n) is 5.73. The van der Waals surface area contributed by atoms with E-state index in [1.807, 2.05) is 6.07 Å². The molecule has 1 rings (SSSR count). The van der Waals surface area contributed by atoms with E-state index in [0.29, 0.717) is 0 Å². The molecular formula is C13H21FN2. The number of benzene rings is 1. The minimum absolute atomic E-state index is 0.152. The molecule has 90 valence electrons. The van der Waals surface area contributed by atoms with Crippen LogP contribution in [-0.2, 0) is 6.54 Å². The molecule has 0 saturated heterocycles. The van der Waals surface area contributed by atoms with Crippen LogP contribution < -0.4 is 0 Å². The molecule has 0 aliphatic heterocycles. The highest BCUT2D eigenvalue weighted by Crippen LogP contribution is 2.07. The Morgan fingerprint density at radius 1 is 1.19 bits per heavy atom. The summed E-state index contributed by atoms with van der Waals surface area (Å²) in [5, 5.41) is 0. The molecule has 0 radical (unpaired) electrons. The van der Waals surface area contributed by atoms with Crippen LogP contribution in [0.4, 0.5) is 4.39 Å². The first-order valence-corrected chi connectivity index (χ1v) is 5.73. The predicted molar refractivity (Wildman–Crippen MR) is 65.9 cm³/mol. The topological polar surface area (TPSA) is 6.48 Å². The average molecular weight is 224 g/mol. The van der Waals surface area contributed by atoms with Crippen LogP contribution in [0.1, 0.15) is 12.5 Å². The molecular weight excluding hydrogens is 203 g/mol. The van der Waals surface area contributed by atoms with E-state index in [0.717, 1.165) is 31.7 Å². The van der Waals surface area contributed by atoms with Crippen LogP contribution in [0.15, 0.2) is 24.3 Å². The molecule has 0 amide bonds. The van der Waals surface area contributed by atoms with Gasteiger partial charge in [0.15, 0.2) is 0 Å². The molecule has 0 atom stereocenters. The first kappa shape index (κ1) is 13.1. The summed E-state index contributed by atoms with van der Waals surface area (Å²) in [6.45, 7) is 5.99. The van der Waals surface area contributed by atoms with Gasteiger partial charge in [0, 0.05) is 19.6 Å². The Morgan fingerprint density at radius 2 is 1.94 bits per heavy atom. The van der Waals surface area contributed by atoms with Crippen molar-refractivity contribution in [2.75, 3.05) is 33.7 Å². The van der Waals surface area contributed by atoms with E-state index in [1.54, 1.807) is 12.1 Å². The van der Waals surface area contributed by atoms with Crippen molar-refractivity contribution in [3.8, 4) is 0 Å². The molecule has 0 aliphatic carbocycles. The van der Waals surface area contributed by atoms with Crippen molar-refractivity contribution >= 4 is 0 Å². The Hall–Kier alpha value is -0.930. The molecule has 0 aromatic heterocycles. The number of likely N-dealkylation sites (N-methyl/N-ethyl adjacent to an activating group) is 2. The van der Waals surface area contributed by atoms with Crippen LogP contribution in [-0.4, -0.2) is 43.5 Å². The highest BCUT2D eigenvalue weighted by molar-refractivity contribution is 5.16. The minimum atomic E-state index is -0.152. The molecule has 0 saturated carbocycles. The molecule has 0 fully saturated rings. The summed E-state index contributed by atoms with van der Waals surface area (Å²) >= 11 is 0. The Morgan fingerprint density at radius 3 is 2.50 bits per heavy atom. The normalized spacial score (nSPS) is 11.4. The number of hydrogen-bond acceptors (Lipinski definition) is 2. The molecule has 16 heavy (non-hydrogen) atoms. The van der Waals surface area contributed by atoms with Gasteiger partial charge >= 0.3 is 0 Å². The van der Waals surface area contributed by atoms with Gasteiger partial charge in [-0.05, 0) is 38.3 Å². The molecule has 1 aromatic carbocycles. The monoisotopic (exact) mass is 224 g/mol. The highest BCUT2D eigenvalue weighted by atomic mass is 19.1. The van der Waals surface area contributed by atoms with Crippen molar-refractivity contribution in [1.82, 2.24) is 9.80 Å². The zero-order valence-corrected chi connectivity index (χ0v) is 10.4. The highest BCUT2D eigenvalue weighted by Gasteiger charge is 2.04. The fourth-order valence-electron chi connectivity index (χ4n) is 1.58. The second-order valence-corrected chi connectivity index (χ2v) is 4.30. The maximum atomic E-state index is 13.0. The number of halogens is 1. The van der Waals surface area contributed by atoms with Gasteiger partial charge in [-0.25, -0.2) is 4.39 Å². The molecule has 0 aliphatic rings. The number of rotatable bonds is 6. The second kappa shape index (κ2) is 6.61. The summed E-state index contributed by atoms with van der Waals surface area (Å²) in [6.07, 6.45) is 0. The van der Waals surface area contributed by atoms with Crippen LogP contribution in [0.25, 0.3) is 0 Å². The quantitative estimate of drug-likeness (QED) is 0.731. The third-order valence-electron chi connectivity index (χ3n) is 2.61. The van der Waals surface area contributed by atoms with E-state index in [1.165, 1.54) is 6.07 Å². The zero-order valence-electron chi connectivity index (χ0n) is 10.4. The van der Waals surface area contributed by atoms with E-state index >= 15 is 0 Å². The minimum Gasteiger partial charge on any atom is -0.308 e. The van der Waals surface area contributed by atoms with Crippen molar-refractivity contribution < 1.29 is 4.39 Å². The summed E-state index contributed by atoms with van der Waals surface area (Å²) in [7, 11) is 4.13. The molecule has 1 aromatic rings. The van der Waals surface area contributed by atoms with Gasteiger partial charge in [0.05, 0.1) is 0 Å². The fraction of sp³-hybridized carbons (Fsp3) is 0.538. The van der Waals surface area contributed by atoms with E-state index in [2.05, 4.69) is 30.8 Å². The van der Waals surface area contributed by atoms with Gasteiger partial charge in [0.2, 0.25) is 0 Å². The van der Waals surface area contributed by atoms with E-state index in [4.69, 9.17) is 0 Å². The fourth-order valence-corrected chi connectivity index (χ4v) is 1.58. The van der Waals surface area contributed by atoms with Crippen LogP contribution in [0.5, 0.6) is 0 Å². The zero-order chi connectivity index (χ0) is 12.0. The molecule has 0 spiro atoms. The van der Waals surface area contributed by atoms with Crippen molar-refractivity contribution in [3.05, 3.63) is 35.6 Å². The number of hydrogen-bond donors (Lipinski definition) is 0. The summed E-state index contributed by atoms with van der Waals surface area (Å²) in [4.78, 5) is 4.48. The van der Waals surface area contributed by atoms with E-state index in [-0.39, 0.29) is 5.82 Å².